The number of nitrogens with zero attached hydrogens (tertiary/aromatic N) is 2. The lowest BCUT2D eigenvalue weighted by Crippen LogP contribution is -2.30. The zero-order valence-corrected chi connectivity index (χ0v) is 14.4. The van der Waals surface area contributed by atoms with Crippen LogP contribution in [0.2, 0.25) is 0 Å². The molecule has 0 saturated heterocycles. The van der Waals surface area contributed by atoms with Crippen molar-refractivity contribution >= 4 is 0 Å². The summed E-state index contributed by atoms with van der Waals surface area (Å²) in [6.45, 7) is 3.37. The van der Waals surface area contributed by atoms with Crippen LogP contribution in [0, 0.1) is 0 Å². The first-order chi connectivity index (χ1) is 11.8. The summed E-state index contributed by atoms with van der Waals surface area (Å²) in [4.78, 5) is 0. The van der Waals surface area contributed by atoms with E-state index in [-0.39, 0.29) is 0 Å². The maximum Gasteiger partial charge on any atom is 0.248 e. The second-order valence-electron chi connectivity index (χ2n) is 6.79. The van der Waals surface area contributed by atoms with Gasteiger partial charge in [0, 0.05) is 0 Å². The summed E-state index contributed by atoms with van der Waals surface area (Å²) in [7, 11) is 0. The van der Waals surface area contributed by atoms with Crippen LogP contribution in [-0.2, 0) is 13.0 Å². The lowest BCUT2D eigenvalue weighted by molar-refractivity contribution is -0.696. The van der Waals surface area contributed by atoms with E-state index in [1.54, 1.807) is 0 Å². The van der Waals surface area contributed by atoms with Crippen LogP contribution in [0.4, 0.5) is 0 Å². The average Bonchev–Trinajstić information content (AvgIpc) is 3.22. The smallest absolute Gasteiger partial charge is 0.236 e. The Balaban J connectivity index is 1.52. The molecule has 3 aromatic rings. The summed E-state index contributed by atoms with van der Waals surface area (Å²) in [5.74, 6) is 0. The fourth-order valence-electron chi connectivity index (χ4n) is 3.69. The molecule has 122 valence electrons. The van der Waals surface area contributed by atoms with Gasteiger partial charge in [-0.3, -0.25) is 0 Å². The maximum atomic E-state index is 2.34. The Kier molecular flexibility index (Phi) is 4.20. The molecule has 24 heavy (non-hydrogen) atoms. The fourth-order valence-corrected chi connectivity index (χ4v) is 3.69. The van der Waals surface area contributed by atoms with Crippen molar-refractivity contribution < 1.29 is 4.57 Å². The van der Waals surface area contributed by atoms with Gasteiger partial charge in [-0.05, 0) is 59.7 Å². The molecule has 0 bridgehead atoms. The molecule has 2 nitrogen and oxygen atoms in total. The van der Waals surface area contributed by atoms with E-state index in [0.29, 0.717) is 0 Å². The minimum atomic E-state index is 1.05. The van der Waals surface area contributed by atoms with Gasteiger partial charge in [-0.2, -0.15) is 0 Å². The molecule has 2 heteroatoms. The standard InChI is InChI=1S/C22H25N2/c1-2-3-4-7-12-23-13-14-24(17-23)20-10-11-22-19(16-20)15-18-8-5-6-9-21(18)22/h5-6,8-11,13-14,16-17H,2-4,7,12,15H2,1H3/q+1. The Bertz CT molecular complexity index is 845. The van der Waals surface area contributed by atoms with E-state index in [0.717, 1.165) is 13.0 Å². The van der Waals surface area contributed by atoms with Gasteiger partial charge in [0.2, 0.25) is 6.33 Å². The molecule has 2 aromatic carbocycles. The van der Waals surface area contributed by atoms with Crippen molar-refractivity contribution in [3.8, 4) is 16.8 Å². The normalized spacial score (nSPS) is 12.2. The molecule has 0 fully saturated rings. The number of unbranched alkanes of at least 4 members (excludes halogenated alkanes) is 3. The largest absolute Gasteiger partial charge is 0.248 e. The van der Waals surface area contributed by atoms with Gasteiger partial charge in [-0.1, -0.05) is 44.0 Å². The molecule has 0 radical (unpaired) electrons. The van der Waals surface area contributed by atoms with Crippen molar-refractivity contribution in [2.24, 2.45) is 0 Å². The molecule has 1 aliphatic carbocycles. The highest BCUT2D eigenvalue weighted by molar-refractivity contribution is 5.77. The topological polar surface area (TPSA) is 8.81 Å². The molecule has 1 heterocycles. The summed E-state index contributed by atoms with van der Waals surface area (Å²) < 4.78 is 4.54. The van der Waals surface area contributed by atoms with E-state index in [4.69, 9.17) is 0 Å². The fraction of sp³-hybridized carbons (Fsp3) is 0.318. The summed E-state index contributed by atoms with van der Waals surface area (Å²) in [5.41, 5.74) is 6.94. The van der Waals surface area contributed by atoms with Crippen LogP contribution in [-0.4, -0.2) is 4.57 Å². The number of benzene rings is 2. The van der Waals surface area contributed by atoms with E-state index < -0.39 is 0 Å². The first kappa shape index (κ1) is 15.2. The third-order valence-corrected chi connectivity index (χ3v) is 5.04. The summed E-state index contributed by atoms with van der Waals surface area (Å²) in [6.07, 6.45) is 12.9. The molecule has 0 N–H and O–H groups in total. The van der Waals surface area contributed by atoms with Crippen molar-refractivity contribution in [2.45, 2.75) is 45.6 Å². The van der Waals surface area contributed by atoms with Gasteiger partial charge in [0.05, 0.1) is 6.54 Å². The Morgan fingerprint density at radius 1 is 0.958 bits per heavy atom. The number of imidazole rings is 1. The predicted octanol–water partition coefficient (Wildman–Crippen LogP) is 4.92. The molecule has 0 atom stereocenters. The summed E-state index contributed by atoms with van der Waals surface area (Å²) in [5, 5.41) is 0. The second-order valence-corrected chi connectivity index (χ2v) is 6.79. The third-order valence-electron chi connectivity index (χ3n) is 5.04. The molecular formula is C22H25N2+. The Morgan fingerprint density at radius 2 is 1.83 bits per heavy atom. The number of hydrogen-bond donors (Lipinski definition) is 0. The molecule has 0 unspecified atom stereocenters. The number of aryl methyl sites for hydroxylation is 1. The highest BCUT2D eigenvalue weighted by Crippen LogP contribution is 2.37. The zero-order chi connectivity index (χ0) is 16.4. The van der Waals surface area contributed by atoms with Crippen molar-refractivity contribution in [3.05, 3.63) is 72.3 Å². The van der Waals surface area contributed by atoms with Gasteiger partial charge in [0.1, 0.15) is 18.1 Å². The van der Waals surface area contributed by atoms with Crippen LogP contribution in [0.3, 0.4) is 0 Å². The van der Waals surface area contributed by atoms with Gasteiger partial charge in [0.25, 0.3) is 0 Å². The maximum absolute atomic E-state index is 2.34. The average molecular weight is 317 g/mol. The summed E-state index contributed by atoms with van der Waals surface area (Å²) >= 11 is 0. The number of aromatic nitrogens is 2. The Morgan fingerprint density at radius 3 is 2.75 bits per heavy atom. The van der Waals surface area contributed by atoms with Crippen LogP contribution >= 0.6 is 0 Å². The highest BCUT2D eigenvalue weighted by atomic mass is 15.1. The van der Waals surface area contributed by atoms with Crippen LogP contribution in [0.5, 0.6) is 0 Å². The Labute approximate surface area is 144 Å². The van der Waals surface area contributed by atoms with Crippen molar-refractivity contribution in [1.29, 1.82) is 0 Å². The molecule has 0 amide bonds. The zero-order valence-electron chi connectivity index (χ0n) is 14.4. The number of hydrogen-bond acceptors (Lipinski definition) is 0. The van der Waals surface area contributed by atoms with Crippen LogP contribution in [0.1, 0.15) is 43.7 Å². The van der Waals surface area contributed by atoms with E-state index in [1.165, 1.54) is 53.6 Å². The molecule has 1 aromatic heterocycles. The first-order valence-corrected chi connectivity index (χ1v) is 9.14. The molecule has 4 rings (SSSR count). The quantitative estimate of drug-likeness (QED) is 0.353. The number of fused-ring (bicyclic) bond motifs is 3. The predicted molar refractivity (Wildman–Crippen MR) is 98.3 cm³/mol. The van der Waals surface area contributed by atoms with Gasteiger partial charge >= 0.3 is 0 Å². The van der Waals surface area contributed by atoms with Crippen LogP contribution in [0.25, 0.3) is 16.8 Å². The highest BCUT2D eigenvalue weighted by Gasteiger charge is 2.19. The Hall–Kier alpha value is -2.35. The minimum absolute atomic E-state index is 1.05. The van der Waals surface area contributed by atoms with Gasteiger partial charge in [-0.25, -0.2) is 9.13 Å². The van der Waals surface area contributed by atoms with E-state index >= 15 is 0 Å². The number of rotatable bonds is 6. The molecule has 0 saturated carbocycles. The SMILES string of the molecule is CCCCCC[n+]1ccn(-c2ccc3c(c2)Cc2ccccc2-3)c1. The van der Waals surface area contributed by atoms with Crippen LogP contribution < -0.4 is 4.57 Å². The van der Waals surface area contributed by atoms with E-state index in [2.05, 4.69) is 77.2 Å². The van der Waals surface area contributed by atoms with Gasteiger partial charge in [-0.15, -0.1) is 0 Å². The molecule has 1 aliphatic rings. The molecule has 0 spiro atoms. The van der Waals surface area contributed by atoms with Crippen molar-refractivity contribution in [3.63, 3.8) is 0 Å². The van der Waals surface area contributed by atoms with E-state index in [1.807, 2.05) is 0 Å². The molecular weight excluding hydrogens is 292 g/mol. The van der Waals surface area contributed by atoms with Gasteiger partial charge in [0.15, 0.2) is 0 Å². The first-order valence-electron chi connectivity index (χ1n) is 9.14. The lowest BCUT2D eigenvalue weighted by atomic mass is 10.1. The minimum Gasteiger partial charge on any atom is -0.236 e. The molecule has 0 aliphatic heterocycles. The van der Waals surface area contributed by atoms with E-state index in [9.17, 15) is 0 Å². The van der Waals surface area contributed by atoms with Crippen molar-refractivity contribution in [2.75, 3.05) is 0 Å². The van der Waals surface area contributed by atoms with Crippen LogP contribution in [0.15, 0.2) is 61.2 Å². The third kappa shape index (κ3) is 2.89. The second kappa shape index (κ2) is 6.64. The lowest BCUT2D eigenvalue weighted by Gasteiger charge is -2.02. The summed E-state index contributed by atoms with van der Waals surface area (Å²) in [6, 6.07) is 15.6. The van der Waals surface area contributed by atoms with Gasteiger partial charge < -0.3 is 0 Å². The van der Waals surface area contributed by atoms with Crippen molar-refractivity contribution in [1.82, 2.24) is 4.57 Å². The monoisotopic (exact) mass is 317 g/mol.